The summed E-state index contributed by atoms with van der Waals surface area (Å²) in [5.41, 5.74) is 6.34. The molecule has 1 heterocycles. The third-order valence-electron chi connectivity index (χ3n) is 8.51. The van der Waals surface area contributed by atoms with Crippen LogP contribution >= 0.6 is 10.0 Å². The Balaban J connectivity index is 1.99. The lowest BCUT2D eigenvalue weighted by atomic mass is 9.79. The van der Waals surface area contributed by atoms with E-state index >= 15 is 0 Å². The van der Waals surface area contributed by atoms with E-state index in [1.807, 2.05) is 12.4 Å². The summed E-state index contributed by atoms with van der Waals surface area (Å²) in [5, 5.41) is 0. The van der Waals surface area contributed by atoms with Crippen LogP contribution < -0.4 is 7.58 Å². The number of hydrogen-bond acceptors (Lipinski definition) is 4. The van der Waals surface area contributed by atoms with Crippen molar-refractivity contribution in [2.24, 2.45) is 9.98 Å². The van der Waals surface area contributed by atoms with Crippen molar-refractivity contribution in [2.45, 2.75) is 143 Å². The molecule has 0 aromatic heterocycles. The SMILES string of the molecule is CC(C)(C)c1cc2c(c(C(C)(C)C)c1)[O][Al]([Cl])[O]c1c(cc(C(C)(C)C)cc1C(C)(C)C)C=N[C@H]1CCCC[C@@H]1N=C2. The molecule has 0 amide bonds. The van der Waals surface area contributed by atoms with Crippen molar-refractivity contribution in [2.75, 3.05) is 0 Å². The zero-order valence-electron chi connectivity index (χ0n) is 28.1. The quantitative estimate of drug-likeness (QED) is 0.280. The first-order valence-corrected chi connectivity index (χ1v) is 18.4. The molecule has 6 heteroatoms. The van der Waals surface area contributed by atoms with Crippen LogP contribution in [0.4, 0.5) is 0 Å². The lowest BCUT2D eigenvalue weighted by molar-refractivity contribution is 0.390. The van der Waals surface area contributed by atoms with Crippen molar-refractivity contribution in [3.8, 4) is 11.5 Å². The maximum Gasteiger partial charge on any atom is 0.999 e. The number of benzene rings is 2. The van der Waals surface area contributed by atoms with Crippen molar-refractivity contribution in [1.29, 1.82) is 0 Å². The second kappa shape index (κ2) is 11.9. The zero-order chi connectivity index (χ0) is 31.3. The Morgan fingerprint density at radius 2 is 0.952 bits per heavy atom. The van der Waals surface area contributed by atoms with Gasteiger partial charge >= 0.3 is 13.9 Å². The number of aliphatic imine (C=N–C) groups is 2. The van der Waals surface area contributed by atoms with E-state index in [0.717, 1.165) is 46.6 Å². The van der Waals surface area contributed by atoms with E-state index in [0.29, 0.717) is 0 Å². The topological polar surface area (TPSA) is 43.2 Å². The fraction of sp³-hybridized carbons (Fsp3) is 0.611. The lowest BCUT2D eigenvalue weighted by Gasteiger charge is -2.31. The Hall–Kier alpha value is -1.80. The minimum absolute atomic E-state index is 0.0265. The fourth-order valence-corrected chi connectivity index (χ4v) is 7.22. The average molecular weight is 607 g/mol. The van der Waals surface area contributed by atoms with Crippen LogP contribution in [0.3, 0.4) is 0 Å². The number of fused-ring (bicyclic) bond motifs is 3. The van der Waals surface area contributed by atoms with Gasteiger partial charge in [0.2, 0.25) is 0 Å². The molecule has 2 atom stereocenters. The third kappa shape index (κ3) is 7.64. The first-order valence-electron chi connectivity index (χ1n) is 15.7. The van der Waals surface area contributed by atoms with Crippen LogP contribution in [0.25, 0.3) is 0 Å². The summed E-state index contributed by atoms with van der Waals surface area (Å²) in [6.07, 6.45) is 8.46. The van der Waals surface area contributed by atoms with E-state index in [4.69, 9.17) is 27.6 Å². The van der Waals surface area contributed by atoms with Gasteiger partial charge < -0.3 is 7.58 Å². The Bertz CT molecular complexity index is 1250. The minimum Gasteiger partial charge on any atom is -0.599 e. The summed E-state index contributed by atoms with van der Waals surface area (Å²) in [4.78, 5) is 10.4. The van der Waals surface area contributed by atoms with E-state index in [2.05, 4.69) is 107 Å². The Labute approximate surface area is 264 Å². The second-order valence-electron chi connectivity index (χ2n) is 16.4. The summed E-state index contributed by atoms with van der Waals surface area (Å²) in [6, 6.07) is 9.30. The van der Waals surface area contributed by atoms with Gasteiger partial charge in [-0.25, -0.2) is 0 Å². The molecule has 4 rings (SSSR count). The van der Waals surface area contributed by atoms with Crippen molar-refractivity contribution in [1.82, 2.24) is 0 Å². The van der Waals surface area contributed by atoms with Crippen molar-refractivity contribution < 1.29 is 7.58 Å². The summed E-state index contributed by atoms with van der Waals surface area (Å²) in [7, 11) is 7.14. The van der Waals surface area contributed by atoms with E-state index < -0.39 is 13.9 Å². The molecule has 0 N–H and O–H groups in total. The normalized spacial score (nSPS) is 20.3. The fourth-order valence-electron chi connectivity index (χ4n) is 5.74. The highest BCUT2D eigenvalue weighted by Gasteiger charge is 2.38. The van der Waals surface area contributed by atoms with Gasteiger partial charge in [0.15, 0.2) is 0 Å². The molecule has 2 aliphatic rings. The Kier molecular flexibility index (Phi) is 9.42. The van der Waals surface area contributed by atoms with Gasteiger partial charge in [0.1, 0.15) is 0 Å². The van der Waals surface area contributed by atoms with Crippen LogP contribution in [0.2, 0.25) is 0 Å². The number of nitrogens with zero attached hydrogens (tertiary/aromatic N) is 2. The van der Waals surface area contributed by atoms with Gasteiger partial charge in [-0.15, -0.1) is 0 Å². The molecule has 1 aliphatic heterocycles. The molecular formula is C36H52AlClN2O2. The standard InChI is InChI=1S/C36H54N2O2.Al.ClH/c1-33(2,3)25-17-23(31(39)27(19-25)35(7,8)9)21-37-29-15-13-14-16-30(29)38-22-24-18-26(34(4,5)6)20-28(32(24)40)36(10,11)12;;/h17-22,29-30,39-40H,13-16H2,1-12H3;;1H/q;+3;/p-3/t29-,30-;;/m0../s1. The predicted octanol–water partition coefficient (Wildman–Crippen LogP) is 9.72. The van der Waals surface area contributed by atoms with Gasteiger partial charge in [-0.3, -0.25) is 9.98 Å². The second-order valence-corrected chi connectivity index (χ2v) is 18.5. The molecule has 42 heavy (non-hydrogen) atoms. The zero-order valence-corrected chi connectivity index (χ0v) is 30.0. The Morgan fingerprint density at radius 3 is 1.26 bits per heavy atom. The van der Waals surface area contributed by atoms with Gasteiger partial charge in [0.05, 0.1) is 23.6 Å². The molecule has 2 aromatic rings. The van der Waals surface area contributed by atoms with Crippen molar-refractivity contribution in [3.05, 3.63) is 57.6 Å². The smallest absolute Gasteiger partial charge is 0.599 e. The van der Waals surface area contributed by atoms with Gasteiger partial charge in [-0.1, -0.05) is 108 Å². The molecule has 0 radical (unpaired) electrons. The highest BCUT2D eigenvalue weighted by Crippen LogP contribution is 2.41. The van der Waals surface area contributed by atoms with Crippen LogP contribution in [0, 0.1) is 0 Å². The molecule has 4 nitrogen and oxygen atoms in total. The molecule has 0 bridgehead atoms. The first-order chi connectivity index (χ1) is 19.2. The molecule has 1 aliphatic carbocycles. The number of hydrogen-bond donors (Lipinski definition) is 0. The highest BCUT2D eigenvalue weighted by atomic mass is 35.6. The summed E-state index contributed by atoms with van der Waals surface area (Å²) >= 11 is -2.74. The molecule has 0 unspecified atom stereocenters. The van der Waals surface area contributed by atoms with Crippen LogP contribution in [0.1, 0.15) is 142 Å². The van der Waals surface area contributed by atoms with Crippen LogP contribution in [-0.4, -0.2) is 38.4 Å². The van der Waals surface area contributed by atoms with Gasteiger partial charge in [0, 0.05) is 23.6 Å². The maximum absolute atomic E-state index is 7.14. The number of rotatable bonds is 0. The molecule has 0 spiro atoms. The van der Waals surface area contributed by atoms with Gasteiger partial charge in [-0.05, 0) is 68.9 Å². The third-order valence-corrected chi connectivity index (χ3v) is 9.89. The van der Waals surface area contributed by atoms with Crippen molar-refractivity contribution >= 4 is 36.4 Å². The van der Waals surface area contributed by atoms with E-state index in [1.54, 1.807) is 0 Å². The summed E-state index contributed by atoms with van der Waals surface area (Å²) in [5.74, 6) is 1.59. The predicted molar refractivity (Wildman–Crippen MR) is 182 cm³/mol. The van der Waals surface area contributed by atoms with Gasteiger partial charge in [-0.2, -0.15) is 10.0 Å². The molecule has 228 valence electrons. The summed E-state index contributed by atoms with van der Waals surface area (Å²) < 4.78 is 13.5. The van der Waals surface area contributed by atoms with Gasteiger partial charge in [0.25, 0.3) is 0 Å². The molecular weight excluding hydrogens is 555 g/mol. The average Bonchev–Trinajstić information content (AvgIpc) is 2.85. The van der Waals surface area contributed by atoms with E-state index in [-0.39, 0.29) is 33.7 Å². The lowest BCUT2D eigenvalue weighted by Crippen LogP contribution is -2.29. The van der Waals surface area contributed by atoms with E-state index in [9.17, 15) is 0 Å². The maximum atomic E-state index is 7.14. The monoisotopic (exact) mass is 606 g/mol. The minimum atomic E-state index is -2.74. The Morgan fingerprint density at radius 1 is 0.595 bits per heavy atom. The molecule has 1 saturated carbocycles. The van der Waals surface area contributed by atoms with Crippen LogP contribution in [-0.2, 0) is 21.7 Å². The largest absolute Gasteiger partial charge is 0.999 e. The highest BCUT2D eigenvalue weighted by molar-refractivity contribution is 7.00. The van der Waals surface area contributed by atoms with E-state index in [1.165, 1.54) is 24.0 Å². The molecule has 2 aromatic carbocycles. The number of halogens is 1. The first kappa shape index (κ1) is 33.1. The molecule has 0 saturated heterocycles. The van der Waals surface area contributed by atoms with Crippen LogP contribution in [0.5, 0.6) is 11.5 Å². The molecule has 1 fully saturated rings. The van der Waals surface area contributed by atoms with Crippen LogP contribution in [0.15, 0.2) is 34.3 Å². The summed E-state index contributed by atoms with van der Waals surface area (Å²) in [6.45, 7) is 26.9. The van der Waals surface area contributed by atoms with Crippen molar-refractivity contribution in [3.63, 3.8) is 0 Å².